The predicted molar refractivity (Wildman–Crippen MR) is 205 cm³/mol. The van der Waals surface area contributed by atoms with Gasteiger partial charge in [-0.15, -0.1) is 0 Å². The second kappa shape index (κ2) is 12.0. The van der Waals surface area contributed by atoms with Crippen LogP contribution in [0.15, 0.2) is 170 Å². The molecule has 3 nitrogen and oxygen atoms in total. The molecule has 0 aliphatic carbocycles. The Balaban J connectivity index is 1.15. The van der Waals surface area contributed by atoms with Crippen LogP contribution in [0.3, 0.4) is 0 Å². The Morgan fingerprint density at radius 3 is 1.65 bits per heavy atom. The van der Waals surface area contributed by atoms with Gasteiger partial charge in [0.2, 0.25) is 0 Å². The third-order valence-electron chi connectivity index (χ3n) is 9.68. The molecule has 2 aromatic heterocycles. The Bertz CT molecular complexity index is 2560. The molecule has 0 spiro atoms. The molecule has 0 atom stereocenters. The van der Waals surface area contributed by atoms with E-state index in [9.17, 15) is 0 Å². The van der Waals surface area contributed by atoms with E-state index in [1.165, 1.54) is 60.5 Å². The smallest absolute Gasteiger partial charge is 0.114 e. The summed E-state index contributed by atoms with van der Waals surface area (Å²) in [6.45, 7) is 2.16. The Labute approximate surface area is 285 Å². The molecule has 7 aromatic carbocycles. The van der Waals surface area contributed by atoms with E-state index >= 15 is 0 Å². The number of aromatic nitrogens is 3. The molecule has 2 heterocycles. The van der Waals surface area contributed by atoms with Gasteiger partial charge in [-0.1, -0.05) is 134 Å². The van der Waals surface area contributed by atoms with Crippen molar-refractivity contribution in [3.05, 3.63) is 176 Å². The average Bonchev–Trinajstić information content (AvgIpc) is 3.56. The van der Waals surface area contributed by atoms with Crippen LogP contribution in [0.2, 0.25) is 0 Å². The molecule has 0 saturated heterocycles. The first kappa shape index (κ1) is 28.9. The number of rotatable bonds is 6. The van der Waals surface area contributed by atoms with E-state index in [1.807, 2.05) is 18.5 Å². The van der Waals surface area contributed by atoms with Gasteiger partial charge in [-0.3, -0.25) is 9.55 Å². The monoisotopic (exact) mass is 627 g/mol. The summed E-state index contributed by atoms with van der Waals surface area (Å²) in [5.74, 6) is 1.07. The van der Waals surface area contributed by atoms with Gasteiger partial charge >= 0.3 is 0 Å². The van der Waals surface area contributed by atoms with E-state index in [1.54, 1.807) is 0 Å². The maximum atomic E-state index is 4.87. The number of aryl methyl sites for hydroxylation is 1. The number of pyridine rings is 1. The first-order chi connectivity index (χ1) is 24.3. The van der Waals surface area contributed by atoms with Crippen molar-refractivity contribution in [2.45, 2.75) is 13.3 Å². The highest BCUT2D eigenvalue weighted by Gasteiger charge is 2.19. The predicted octanol–water partition coefficient (Wildman–Crippen LogP) is 12.0. The van der Waals surface area contributed by atoms with Gasteiger partial charge in [-0.2, -0.15) is 0 Å². The third-order valence-corrected chi connectivity index (χ3v) is 9.68. The fraction of sp³-hybridized carbons (Fsp3) is 0.0435. The van der Waals surface area contributed by atoms with E-state index in [2.05, 4.69) is 168 Å². The van der Waals surface area contributed by atoms with Crippen LogP contribution in [0.1, 0.15) is 12.7 Å². The molecule has 0 amide bonds. The highest BCUT2D eigenvalue weighted by Crippen LogP contribution is 2.46. The first-order valence-electron chi connectivity index (χ1n) is 16.9. The van der Waals surface area contributed by atoms with Gasteiger partial charge in [-0.25, -0.2) is 4.98 Å². The number of hydrogen-bond donors (Lipinski definition) is 0. The van der Waals surface area contributed by atoms with Gasteiger partial charge in [-0.05, 0) is 90.8 Å². The second-order valence-corrected chi connectivity index (χ2v) is 12.5. The zero-order chi connectivity index (χ0) is 32.7. The van der Waals surface area contributed by atoms with Crippen LogP contribution in [0.25, 0.3) is 82.8 Å². The van der Waals surface area contributed by atoms with Crippen LogP contribution < -0.4 is 0 Å². The standard InChI is InChI=1S/C46H33N3/c1-2-44-48-42-19-9-10-20-43(42)49(44)35-27-25-32(26-28-35)31-21-23-33(24-22-31)45-38-15-5-7-17-40(38)46(41-18-8-6-16-39(41)45)37-14-4-3-13-36(37)34-12-11-29-47-30-34/h3-30H,2H2,1H3. The van der Waals surface area contributed by atoms with Crippen LogP contribution in [0, 0.1) is 0 Å². The number of benzene rings is 7. The van der Waals surface area contributed by atoms with E-state index < -0.39 is 0 Å². The Morgan fingerprint density at radius 2 is 1.02 bits per heavy atom. The molecular formula is C46H33N3. The van der Waals surface area contributed by atoms with Crippen molar-refractivity contribution < 1.29 is 0 Å². The van der Waals surface area contributed by atoms with E-state index in [-0.39, 0.29) is 0 Å². The van der Waals surface area contributed by atoms with Crippen molar-refractivity contribution in [3.63, 3.8) is 0 Å². The van der Waals surface area contributed by atoms with Gasteiger partial charge in [0.1, 0.15) is 5.82 Å². The number of nitrogens with zero attached hydrogens (tertiary/aromatic N) is 3. The molecule has 232 valence electrons. The largest absolute Gasteiger partial charge is 0.296 e. The second-order valence-electron chi connectivity index (χ2n) is 12.5. The summed E-state index contributed by atoms with van der Waals surface area (Å²) in [5, 5.41) is 4.97. The Morgan fingerprint density at radius 1 is 0.469 bits per heavy atom. The lowest BCUT2D eigenvalue weighted by atomic mass is 9.84. The summed E-state index contributed by atoms with van der Waals surface area (Å²) in [5.41, 5.74) is 12.9. The highest BCUT2D eigenvalue weighted by molar-refractivity contribution is 6.22. The van der Waals surface area contributed by atoms with Crippen molar-refractivity contribution in [1.29, 1.82) is 0 Å². The zero-order valence-corrected chi connectivity index (χ0v) is 27.2. The van der Waals surface area contributed by atoms with Crippen LogP contribution in [-0.2, 0) is 6.42 Å². The molecule has 0 aliphatic rings. The van der Waals surface area contributed by atoms with Gasteiger partial charge in [0.25, 0.3) is 0 Å². The minimum atomic E-state index is 0.874. The van der Waals surface area contributed by atoms with Crippen molar-refractivity contribution in [1.82, 2.24) is 14.5 Å². The number of hydrogen-bond acceptors (Lipinski definition) is 2. The lowest BCUT2D eigenvalue weighted by Crippen LogP contribution is -1.99. The van der Waals surface area contributed by atoms with Crippen molar-refractivity contribution in [3.8, 4) is 50.2 Å². The number of para-hydroxylation sites is 2. The SMILES string of the molecule is CCc1nc2ccccc2n1-c1ccc(-c2ccc(-c3c4ccccc4c(-c4ccccc4-c4cccnc4)c4ccccc34)cc2)cc1. The third kappa shape index (κ3) is 4.90. The number of fused-ring (bicyclic) bond motifs is 3. The summed E-state index contributed by atoms with van der Waals surface area (Å²) >= 11 is 0. The van der Waals surface area contributed by atoms with Crippen molar-refractivity contribution in [2.24, 2.45) is 0 Å². The summed E-state index contributed by atoms with van der Waals surface area (Å²) < 4.78 is 2.28. The average molecular weight is 628 g/mol. The molecule has 0 unspecified atom stereocenters. The van der Waals surface area contributed by atoms with E-state index in [0.717, 1.165) is 34.5 Å². The van der Waals surface area contributed by atoms with Crippen LogP contribution >= 0.6 is 0 Å². The maximum Gasteiger partial charge on any atom is 0.114 e. The lowest BCUT2D eigenvalue weighted by molar-refractivity contribution is 0.908. The van der Waals surface area contributed by atoms with Crippen LogP contribution in [-0.4, -0.2) is 14.5 Å². The fourth-order valence-electron chi connectivity index (χ4n) is 7.44. The normalized spacial score (nSPS) is 11.4. The van der Waals surface area contributed by atoms with Gasteiger partial charge < -0.3 is 0 Å². The Hall–Kier alpha value is -6.32. The van der Waals surface area contributed by atoms with Crippen molar-refractivity contribution >= 4 is 32.6 Å². The van der Waals surface area contributed by atoms with Gasteiger partial charge in [0.05, 0.1) is 11.0 Å². The molecule has 9 aromatic rings. The molecule has 0 saturated carbocycles. The Kier molecular flexibility index (Phi) is 7.09. The molecule has 49 heavy (non-hydrogen) atoms. The molecular weight excluding hydrogens is 595 g/mol. The molecule has 3 heteroatoms. The topological polar surface area (TPSA) is 30.7 Å². The van der Waals surface area contributed by atoms with Gasteiger partial charge in [0, 0.05) is 30.1 Å². The maximum absolute atomic E-state index is 4.87. The quantitative estimate of drug-likeness (QED) is 0.172. The fourth-order valence-corrected chi connectivity index (χ4v) is 7.44. The minimum absolute atomic E-state index is 0.874. The van der Waals surface area contributed by atoms with Crippen LogP contribution in [0.5, 0.6) is 0 Å². The minimum Gasteiger partial charge on any atom is -0.296 e. The van der Waals surface area contributed by atoms with E-state index in [4.69, 9.17) is 4.98 Å². The van der Waals surface area contributed by atoms with Crippen molar-refractivity contribution in [2.75, 3.05) is 0 Å². The lowest BCUT2D eigenvalue weighted by Gasteiger charge is -2.19. The van der Waals surface area contributed by atoms with Crippen LogP contribution in [0.4, 0.5) is 0 Å². The highest BCUT2D eigenvalue weighted by atomic mass is 15.1. The van der Waals surface area contributed by atoms with Gasteiger partial charge in [0.15, 0.2) is 0 Å². The summed E-state index contributed by atoms with van der Waals surface area (Å²) in [7, 11) is 0. The summed E-state index contributed by atoms with van der Waals surface area (Å²) in [6.07, 6.45) is 4.66. The molecule has 9 rings (SSSR count). The molecule has 0 aliphatic heterocycles. The number of imidazole rings is 1. The summed E-state index contributed by atoms with van der Waals surface area (Å²) in [4.78, 5) is 9.30. The molecule has 0 N–H and O–H groups in total. The molecule has 0 fully saturated rings. The zero-order valence-electron chi connectivity index (χ0n) is 27.2. The molecule has 0 bridgehead atoms. The van der Waals surface area contributed by atoms with E-state index in [0.29, 0.717) is 0 Å². The molecule has 0 radical (unpaired) electrons. The summed E-state index contributed by atoms with van der Waals surface area (Å²) in [6, 6.07) is 56.8. The first-order valence-corrected chi connectivity index (χ1v) is 16.9.